The van der Waals surface area contributed by atoms with Crippen molar-refractivity contribution in [2.45, 2.75) is 65.8 Å². The van der Waals surface area contributed by atoms with Gasteiger partial charge in [0.1, 0.15) is 17.1 Å². The summed E-state index contributed by atoms with van der Waals surface area (Å²) in [6, 6.07) is 9.37. The maximum atomic E-state index is 13.4. The highest BCUT2D eigenvalue weighted by Gasteiger charge is 2.42. The molecule has 0 radical (unpaired) electrons. The summed E-state index contributed by atoms with van der Waals surface area (Å²) in [5.41, 5.74) is 5.18. The van der Waals surface area contributed by atoms with E-state index in [9.17, 15) is 9.90 Å². The van der Waals surface area contributed by atoms with Crippen LogP contribution in [0.2, 0.25) is 0 Å². The number of phenols is 1. The summed E-state index contributed by atoms with van der Waals surface area (Å²) < 4.78 is 11.7. The number of aromatic amines is 1. The molecular weight excluding hydrogens is 454 g/mol. The second-order valence-electron chi connectivity index (χ2n) is 9.56. The van der Waals surface area contributed by atoms with E-state index in [0.717, 1.165) is 41.5 Å². The number of fused-ring (bicyclic) bond motifs is 1. The van der Waals surface area contributed by atoms with Crippen LogP contribution in [0.1, 0.15) is 84.7 Å². The van der Waals surface area contributed by atoms with E-state index < -0.39 is 0 Å². The van der Waals surface area contributed by atoms with Crippen LogP contribution in [0.5, 0.6) is 17.2 Å². The smallest absolute Gasteiger partial charge is 0.273 e. The third-order valence-electron chi connectivity index (χ3n) is 6.79. The third kappa shape index (κ3) is 4.79. The van der Waals surface area contributed by atoms with Gasteiger partial charge in [-0.25, -0.2) is 0 Å². The molecule has 192 valence electrons. The quantitative estimate of drug-likeness (QED) is 0.306. The number of H-pyrrole nitrogens is 1. The third-order valence-corrected chi connectivity index (χ3v) is 6.79. The first kappa shape index (κ1) is 25.6. The number of hydrogen-bond donors (Lipinski definition) is 2. The summed E-state index contributed by atoms with van der Waals surface area (Å²) in [6.07, 6.45) is 5.35. The number of carbonyl (C=O) groups is 1. The highest BCUT2D eigenvalue weighted by molar-refractivity contribution is 6.00. The second kappa shape index (κ2) is 11.1. The lowest BCUT2D eigenvalue weighted by Gasteiger charge is -2.26. The Hall–Kier alpha value is -3.48. The Morgan fingerprint density at radius 1 is 1.06 bits per heavy atom. The minimum absolute atomic E-state index is 0.0883. The van der Waals surface area contributed by atoms with E-state index in [-0.39, 0.29) is 17.7 Å². The van der Waals surface area contributed by atoms with Gasteiger partial charge in [-0.05, 0) is 61.6 Å². The molecule has 4 rings (SSSR count). The molecule has 1 aliphatic heterocycles. The highest BCUT2D eigenvalue weighted by atomic mass is 16.5. The summed E-state index contributed by atoms with van der Waals surface area (Å²) in [6.45, 7) is 9.35. The van der Waals surface area contributed by atoms with E-state index in [0.29, 0.717) is 41.6 Å². The SMILES string of the molecule is CCCCCCOc1ccc(C2c3c(-c4cc(C)cc(C)c4O)n[nH]c3C(=O)N2CCC)cc1OC. The van der Waals surface area contributed by atoms with Gasteiger partial charge in [-0.15, -0.1) is 0 Å². The number of benzene rings is 2. The summed E-state index contributed by atoms with van der Waals surface area (Å²) in [5.74, 6) is 1.43. The van der Waals surface area contributed by atoms with Crippen LogP contribution in [0.3, 0.4) is 0 Å². The van der Waals surface area contributed by atoms with Crippen molar-refractivity contribution in [3.8, 4) is 28.5 Å². The number of ether oxygens (including phenoxy) is 2. The molecule has 3 aromatic rings. The fourth-order valence-corrected chi connectivity index (χ4v) is 5.05. The molecule has 0 bridgehead atoms. The molecule has 1 atom stereocenters. The molecule has 1 aliphatic rings. The second-order valence-corrected chi connectivity index (χ2v) is 9.56. The zero-order valence-electron chi connectivity index (χ0n) is 22.0. The summed E-state index contributed by atoms with van der Waals surface area (Å²) in [5, 5.41) is 18.4. The van der Waals surface area contributed by atoms with Gasteiger partial charge in [0.15, 0.2) is 11.5 Å². The van der Waals surface area contributed by atoms with E-state index in [1.54, 1.807) is 7.11 Å². The van der Waals surface area contributed by atoms with Crippen molar-refractivity contribution in [1.82, 2.24) is 15.1 Å². The maximum absolute atomic E-state index is 13.4. The van der Waals surface area contributed by atoms with Gasteiger partial charge in [0.25, 0.3) is 5.91 Å². The van der Waals surface area contributed by atoms with E-state index in [1.807, 2.05) is 49.1 Å². The van der Waals surface area contributed by atoms with Gasteiger partial charge in [0.2, 0.25) is 0 Å². The number of phenolic OH excluding ortho intramolecular Hbond substituents is 1. The van der Waals surface area contributed by atoms with Crippen molar-refractivity contribution in [1.29, 1.82) is 0 Å². The largest absolute Gasteiger partial charge is 0.507 e. The van der Waals surface area contributed by atoms with Gasteiger partial charge < -0.3 is 19.5 Å². The van der Waals surface area contributed by atoms with Crippen molar-refractivity contribution in [2.75, 3.05) is 20.3 Å². The minimum Gasteiger partial charge on any atom is -0.507 e. The zero-order chi connectivity index (χ0) is 25.8. The molecule has 2 heterocycles. The van der Waals surface area contributed by atoms with Gasteiger partial charge in [-0.3, -0.25) is 9.89 Å². The predicted octanol–water partition coefficient (Wildman–Crippen LogP) is 6.32. The normalized spacial score (nSPS) is 14.9. The van der Waals surface area contributed by atoms with Gasteiger partial charge in [0.05, 0.1) is 19.8 Å². The topological polar surface area (TPSA) is 87.7 Å². The number of hydrogen-bond acceptors (Lipinski definition) is 5. The molecule has 0 aliphatic carbocycles. The Kier molecular flexibility index (Phi) is 7.87. The van der Waals surface area contributed by atoms with Crippen LogP contribution in [0, 0.1) is 13.8 Å². The summed E-state index contributed by atoms with van der Waals surface area (Å²) >= 11 is 0. The first-order valence-corrected chi connectivity index (χ1v) is 12.9. The lowest BCUT2D eigenvalue weighted by Crippen LogP contribution is -2.30. The highest BCUT2D eigenvalue weighted by Crippen LogP contribution is 2.46. The number of amides is 1. The zero-order valence-corrected chi connectivity index (χ0v) is 22.0. The molecule has 0 spiro atoms. The summed E-state index contributed by atoms with van der Waals surface area (Å²) in [7, 11) is 1.63. The molecule has 1 amide bonds. The molecule has 2 aromatic carbocycles. The van der Waals surface area contributed by atoms with E-state index in [1.165, 1.54) is 12.8 Å². The Labute approximate surface area is 213 Å². The number of nitrogens with zero attached hydrogens (tertiary/aromatic N) is 2. The Bertz CT molecular complexity index is 1230. The predicted molar refractivity (Wildman–Crippen MR) is 141 cm³/mol. The van der Waals surface area contributed by atoms with Gasteiger partial charge in [-0.2, -0.15) is 5.10 Å². The van der Waals surface area contributed by atoms with Crippen LogP contribution in [0.4, 0.5) is 0 Å². The molecule has 7 nitrogen and oxygen atoms in total. The Balaban J connectivity index is 1.75. The average Bonchev–Trinajstić information content (AvgIpc) is 3.40. The molecule has 0 saturated heterocycles. The van der Waals surface area contributed by atoms with E-state index in [2.05, 4.69) is 24.0 Å². The monoisotopic (exact) mass is 491 g/mol. The van der Waals surface area contributed by atoms with Crippen molar-refractivity contribution < 1.29 is 19.4 Å². The Morgan fingerprint density at radius 3 is 2.58 bits per heavy atom. The standard InChI is InChI=1S/C29H37N3O4/c1-6-8-9-10-14-36-22-12-11-20(17-23(22)35-5)27-24-25(21-16-18(3)15-19(4)28(21)33)30-31-26(24)29(34)32(27)13-7-2/h11-12,15-17,27,33H,6-10,13-14H2,1-5H3,(H,30,31). The van der Waals surface area contributed by atoms with Crippen molar-refractivity contribution in [3.05, 3.63) is 58.3 Å². The van der Waals surface area contributed by atoms with E-state index >= 15 is 0 Å². The molecule has 0 fully saturated rings. The van der Waals surface area contributed by atoms with Gasteiger partial charge >= 0.3 is 0 Å². The van der Waals surface area contributed by atoms with Crippen LogP contribution in [0.25, 0.3) is 11.3 Å². The first-order valence-electron chi connectivity index (χ1n) is 12.9. The van der Waals surface area contributed by atoms with Gasteiger partial charge in [-0.1, -0.05) is 45.2 Å². The lowest BCUT2D eigenvalue weighted by atomic mass is 9.94. The molecule has 0 saturated carbocycles. The molecule has 7 heteroatoms. The van der Waals surface area contributed by atoms with Crippen molar-refractivity contribution >= 4 is 5.91 Å². The first-order chi connectivity index (χ1) is 17.4. The van der Waals surface area contributed by atoms with Crippen LogP contribution < -0.4 is 9.47 Å². The number of unbranched alkanes of at least 4 members (excludes halogenated alkanes) is 3. The van der Waals surface area contributed by atoms with Crippen molar-refractivity contribution in [2.24, 2.45) is 0 Å². The number of rotatable bonds is 11. The van der Waals surface area contributed by atoms with Crippen molar-refractivity contribution in [3.63, 3.8) is 0 Å². The number of nitrogens with one attached hydrogen (secondary N) is 1. The number of aryl methyl sites for hydroxylation is 2. The molecule has 36 heavy (non-hydrogen) atoms. The molecular formula is C29H37N3O4. The molecule has 1 aromatic heterocycles. The van der Waals surface area contributed by atoms with E-state index in [4.69, 9.17) is 9.47 Å². The lowest BCUT2D eigenvalue weighted by molar-refractivity contribution is 0.0743. The minimum atomic E-state index is -0.353. The Morgan fingerprint density at radius 2 is 1.86 bits per heavy atom. The van der Waals surface area contributed by atoms with Crippen LogP contribution >= 0.6 is 0 Å². The molecule has 2 N–H and O–H groups in total. The fourth-order valence-electron chi connectivity index (χ4n) is 5.05. The van der Waals surface area contributed by atoms with Crippen LogP contribution in [0.15, 0.2) is 30.3 Å². The number of aromatic nitrogens is 2. The molecule has 1 unspecified atom stereocenters. The summed E-state index contributed by atoms with van der Waals surface area (Å²) in [4.78, 5) is 15.3. The number of methoxy groups -OCH3 is 1. The van der Waals surface area contributed by atoms with Crippen LogP contribution in [-0.2, 0) is 0 Å². The maximum Gasteiger partial charge on any atom is 0.273 e. The van der Waals surface area contributed by atoms with Gasteiger partial charge in [0, 0.05) is 17.7 Å². The fraction of sp³-hybridized carbons (Fsp3) is 0.448. The number of aromatic hydroxyl groups is 1. The average molecular weight is 492 g/mol. The van der Waals surface area contributed by atoms with Crippen LogP contribution in [-0.4, -0.2) is 46.4 Å². The number of carbonyl (C=O) groups excluding carboxylic acids is 1.